The maximum Gasteiger partial charge on any atom is 0.170 e. The minimum atomic E-state index is -0.402. The zero-order valence-electron chi connectivity index (χ0n) is 10.6. The standard InChI is InChI=1S/C16H12BrFO2/c17-15-4-2-1-3-12(15)9-14(19)10-16(20)11-5-7-13(18)8-6-11/h1-8H,9-10H2. The molecule has 20 heavy (non-hydrogen) atoms. The maximum absolute atomic E-state index is 12.8. The Bertz CT molecular complexity index is 635. The smallest absolute Gasteiger partial charge is 0.170 e. The summed E-state index contributed by atoms with van der Waals surface area (Å²) in [6.45, 7) is 0. The molecule has 0 aliphatic heterocycles. The van der Waals surface area contributed by atoms with Crippen molar-refractivity contribution in [3.63, 3.8) is 0 Å². The van der Waals surface area contributed by atoms with Crippen molar-refractivity contribution >= 4 is 27.5 Å². The highest BCUT2D eigenvalue weighted by Gasteiger charge is 2.13. The first kappa shape index (κ1) is 14.6. The highest BCUT2D eigenvalue weighted by molar-refractivity contribution is 9.10. The summed E-state index contributed by atoms with van der Waals surface area (Å²) in [6, 6.07) is 12.6. The van der Waals surface area contributed by atoms with Crippen molar-refractivity contribution < 1.29 is 14.0 Å². The van der Waals surface area contributed by atoms with Crippen LogP contribution in [0.2, 0.25) is 0 Å². The molecule has 0 amide bonds. The van der Waals surface area contributed by atoms with Gasteiger partial charge in [0.15, 0.2) is 5.78 Å². The Morgan fingerprint density at radius 3 is 2.30 bits per heavy atom. The van der Waals surface area contributed by atoms with Gasteiger partial charge in [-0.15, -0.1) is 0 Å². The van der Waals surface area contributed by atoms with Gasteiger partial charge in [0.05, 0.1) is 6.42 Å². The molecule has 0 saturated carbocycles. The molecular formula is C16H12BrFO2. The number of halogens is 2. The molecule has 2 nitrogen and oxygen atoms in total. The summed E-state index contributed by atoms with van der Waals surface area (Å²) in [5, 5.41) is 0. The Morgan fingerprint density at radius 1 is 1.00 bits per heavy atom. The molecule has 102 valence electrons. The van der Waals surface area contributed by atoms with Gasteiger partial charge in [-0.1, -0.05) is 34.1 Å². The summed E-state index contributed by atoms with van der Waals surface area (Å²) < 4.78 is 13.6. The summed E-state index contributed by atoms with van der Waals surface area (Å²) in [7, 11) is 0. The van der Waals surface area contributed by atoms with Crippen LogP contribution < -0.4 is 0 Å². The normalized spacial score (nSPS) is 10.3. The molecule has 0 spiro atoms. The average molecular weight is 335 g/mol. The third-order valence-corrected chi connectivity index (χ3v) is 3.64. The monoisotopic (exact) mass is 334 g/mol. The van der Waals surface area contributed by atoms with E-state index in [0.717, 1.165) is 10.0 Å². The van der Waals surface area contributed by atoms with E-state index < -0.39 is 5.82 Å². The van der Waals surface area contributed by atoms with Gasteiger partial charge >= 0.3 is 0 Å². The van der Waals surface area contributed by atoms with E-state index in [0.29, 0.717) is 5.56 Å². The third-order valence-electron chi connectivity index (χ3n) is 2.87. The topological polar surface area (TPSA) is 34.1 Å². The van der Waals surface area contributed by atoms with E-state index in [1.54, 1.807) is 0 Å². The van der Waals surface area contributed by atoms with Crippen LogP contribution in [-0.4, -0.2) is 11.6 Å². The van der Waals surface area contributed by atoms with Crippen LogP contribution in [0.4, 0.5) is 4.39 Å². The van der Waals surface area contributed by atoms with E-state index in [1.807, 2.05) is 24.3 Å². The first-order valence-electron chi connectivity index (χ1n) is 6.10. The molecule has 0 aromatic heterocycles. The molecule has 0 aliphatic rings. The number of rotatable bonds is 5. The lowest BCUT2D eigenvalue weighted by molar-refractivity contribution is -0.117. The molecule has 0 radical (unpaired) electrons. The molecule has 0 N–H and O–H groups in total. The van der Waals surface area contributed by atoms with E-state index in [1.165, 1.54) is 24.3 Å². The fourth-order valence-corrected chi connectivity index (χ4v) is 2.26. The van der Waals surface area contributed by atoms with Crippen molar-refractivity contribution in [2.24, 2.45) is 0 Å². The van der Waals surface area contributed by atoms with Gasteiger partial charge in [0.2, 0.25) is 0 Å². The molecule has 2 rings (SSSR count). The van der Waals surface area contributed by atoms with Crippen LogP contribution in [0.15, 0.2) is 53.0 Å². The maximum atomic E-state index is 12.8. The molecule has 0 bridgehead atoms. The van der Waals surface area contributed by atoms with Crippen LogP contribution in [0.5, 0.6) is 0 Å². The Balaban J connectivity index is 2.00. The van der Waals surface area contributed by atoms with E-state index in [2.05, 4.69) is 15.9 Å². The van der Waals surface area contributed by atoms with Crippen molar-refractivity contribution in [2.75, 3.05) is 0 Å². The summed E-state index contributed by atoms with van der Waals surface area (Å²) in [5.74, 6) is -0.852. The Morgan fingerprint density at radius 2 is 1.65 bits per heavy atom. The number of ketones is 2. The molecule has 0 atom stereocenters. The number of hydrogen-bond donors (Lipinski definition) is 0. The van der Waals surface area contributed by atoms with Crippen molar-refractivity contribution in [3.8, 4) is 0 Å². The summed E-state index contributed by atoms with van der Waals surface area (Å²) in [4.78, 5) is 23.8. The Kier molecular flexibility index (Phi) is 4.79. The van der Waals surface area contributed by atoms with Gasteiger partial charge in [-0.3, -0.25) is 9.59 Å². The number of carbonyl (C=O) groups is 2. The Labute approximate surface area is 124 Å². The van der Waals surface area contributed by atoms with Gasteiger partial charge in [0.25, 0.3) is 0 Å². The quantitative estimate of drug-likeness (QED) is 0.612. The minimum absolute atomic E-state index is 0.161. The second kappa shape index (κ2) is 6.57. The molecule has 2 aromatic rings. The van der Waals surface area contributed by atoms with Gasteiger partial charge in [0, 0.05) is 16.5 Å². The lowest BCUT2D eigenvalue weighted by Gasteiger charge is -2.04. The molecule has 0 heterocycles. The molecular weight excluding hydrogens is 323 g/mol. The lowest BCUT2D eigenvalue weighted by Crippen LogP contribution is -2.11. The molecule has 0 saturated heterocycles. The van der Waals surface area contributed by atoms with Crippen LogP contribution >= 0.6 is 15.9 Å². The fourth-order valence-electron chi connectivity index (χ4n) is 1.83. The lowest BCUT2D eigenvalue weighted by atomic mass is 10.0. The third kappa shape index (κ3) is 3.84. The zero-order valence-corrected chi connectivity index (χ0v) is 12.2. The second-order valence-electron chi connectivity index (χ2n) is 4.41. The van der Waals surface area contributed by atoms with Crippen LogP contribution in [0.25, 0.3) is 0 Å². The van der Waals surface area contributed by atoms with E-state index in [4.69, 9.17) is 0 Å². The first-order valence-corrected chi connectivity index (χ1v) is 6.89. The van der Waals surface area contributed by atoms with Gasteiger partial charge in [0.1, 0.15) is 11.6 Å². The molecule has 0 unspecified atom stereocenters. The zero-order chi connectivity index (χ0) is 14.5. The summed E-state index contributed by atoms with van der Waals surface area (Å²) in [6.07, 6.45) is 0.0291. The van der Waals surface area contributed by atoms with Gasteiger partial charge < -0.3 is 0 Å². The van der Waals surface area contributed by atoms with Crippen molar-refractivity contribution in [1.29, 1.82) is 0 Å². The van der Waals surface area contributed by atoms with E-state index in [-0.39, 0.29) is 24.4 Å². The van der Waals surface area contributed by atoms with Crippen molar-refractivity contribution in [3.05, 3.63) is 69.9 Å². The van der Waals surface area contributed by atoms with Crippen LogP contribution in [0.1, 0.15) is 22.3 Å². The van der Waals surface area contributed by atoms with Crippen LogP contribution in [0, 0.1) is 5.82 Å². The van der Waals surface area contributed by atoms with Crippen LogP contribution in [0.3, 0.4) is 0 Å². The summed E-state index contributed by atoms with van der Waals surface area (Å²) in [5.41, 5.74) is 1.20. The molecule has 0 fully saturated rings. The van der Waals surface area contributed by atoms with Gasteiger partial charge in [-0.2, -0.15) is 0 Å². The van der Waals surface area contributed by atoms with Gasteiger partial charge in [-0.25, -0.2) is 4.39 Å². The fraction of sp³-hybridized carbons (Fsp3) is 0.125. The first-order chi connectivity index (χ1) is 9.56. The predicted molar refractivity (Wildman–Crippen MR) is 78.2 cm³/mol. The largest absolute Gasteiger partial charge is 0.299 e. The van der Waals surface area contributed by atoms with Crippen molar-refractivity contribution in [1.82, 2.24) is 0 Å². The molecule has 4 heteroatoms. The Hall–Kier alpha value is -1.81. The number of Topliss-reactive ketones (excluding diaryl/α,β-unsaturated/α-hetero) is 2. The molecule has 0 aliphatic carbocycles. The highest BCUT2D eigenvalue weighted by atomic mass is 79.9. The number of benzene rings is 2. The van der Waals surface area contributed by atoms with Crippen LogP contribution in [-0.2, 0) is 11.2 Å². The van der Waals surface area contributed by atoms with E-state index >= 15 is 0 Å². The predicted octanol–water partition coefficient (Wildman–Crippen LogP) is 3.97. The SMILES string of the molecule is O=C(CC(=O)c1ccc(F)cc1)Cc1ccccc1Br. The highest BCUT2D eigenvalue weighted by Crippen LogP contribution is 2.17. The number of hydrogen-bond acceptors (Lipinski definition) is 2. The summed E-state index contributed by atoms with van der Waals surface area (Å²) >= 11 is 3.37. The number of carbonyl (C=O) groups excluding carboxylic acids is 2. The average Bonchev–Trinajstić information content (AvgIpc) is 2.42. The van der Waals surface area contributed by atoms with Crippen molar-refractivity contribution in [2.45, 2.75) is 12.8 Å². The van der Waals surface area contributed by atoms with E-state index in [9.17, 15) is 14.0 Å². The molecule has 2 aromatic carbocycles. The second-order valence-corrected chi connectivity index (χ2v) is 5.27. The minimum Gasteiger partial charge on any atom is -0.299 e. The van der Waals surface area contributed by atoms with Gasteiger partial charge in [-0.05, 0) is 35.9 Å².